The number of rotatable bonds is 4. The molecule has 1 heterocycles. The lowest BCUT2D eigenvalue weighted by Crippen LogP contribution is -2.30. The molecule has 0 radical (unpaired) electrons. The van der Waals surface area contributed by atoms with Gasteiger partial charge in [0.1, 0.15) is 11.4 Å². The number of carbonyl (C=O) groups is 1. The van der Waals surface area contributed by atoms with Crippen LogP contribution in [0.4, 0.5) is 0 Å². The van der Waals surface area contributed by atoms with Gasteiger partial charge in [-0.2, -0.15) is 0 Å². The molecular weight excluding hydrogens is 260 g/mol. The fourth-order valence-electron chi connectivity index (χ4n) is 1.76. The summed E-state index contributed by atoms with van der Waals surface area (Å²) in [6.45, 7) is 4.01. The minimum atomic E-state index is -0.146. The summed E-state index contributed by atoms with van der Waals surface area (Å²) in [6.07, 6.45) is 3.39. The minimum absolute atomic E-state index is 0.146. The molecule has 1 amide bonds. The smallest absolute Gasteiger partial charge is 0.276 e. The number of thiocarbonyl (C=S) groups is 1. The van der Waals surface area contributed by atoms with Crippen molar-refractivity contribution in [3.63, 3.8) is 0 Å². The van der Waals surface area contributed by atoms with Crippen LogP contribution < -0.4 is 10.1 Å². The highest BCUT2D eigenvalue weighted by molar-refractivity contribution is 7.80. The van der Waals surface area contributed by atoms with Crippen molar-refractivity contribution in [1.82, 2.24) is 10.2 Å². The minimum Gasteiger partial charge on any atom is -0.497 e. The van der Waals surface area contributed by atoms with Gasteiger partial charge in [0.15, 0.2) is 5.11 Å². The number of benzene rings is 1. The molecule has 0 atom stereocenters. The summed E-state index contributed by atoms with van der Waals surface area (Å²) in [7, 11) is 1.60. The lowest BCUT2D eigenvalue weighted by molar-refractivity contribution is -0.122. The molecule has 1 fully saturated rings. The van der Waals surface area contributed by atoms with Gasteiger partial charge >= 0.3 is 0 Å². The van der Waals surface area contributed by atoms with Crippen molar-refractivity contribution in [2.24, 2.45) is 0 Å². The number of hydrogen-bond acceptors (Lipinski definition) is 3. The summed E-state index contributed by atoms with van der Waals surface area (Å²) in [6, 6.07) is 7.45. The highest BCUT2D eigenvalue weighted by Crippen LogP contribution is 2.17. The van der Waals surface area contributed by atoms with Crippen LogP contribution in [0, 0.1) is 0 Å². The first kappa shape index (κ1) is 13.3. The molecule has 0 aromatic heterocycles. The number of carbonyl (C=O) groups excluding carboxylic acids is 1. The van der Waals surface area contributed by atoms with Crippen LogP contribution in [0.15, 0.2) is 42.6 Å². The third-order valence-corrected chi connectivity index (χ3v) is 3.00. The van der Waals surface area contributed by atoms with Crippen LogP contribution in [0.2, 0.25) is 0 Å². The molecule has 5 heteroatoms. The van der Waals surface area contributed by atoms with Crippen LogP contribution in [0.25, 0.3) is 6.08 Å². The summed E-state index contributed by atoms with van der Waals surface area (Å²) < 4.78 is 5.14. The zero-order chi connectivity index (χ0) is 13.8. The van der Waals surface area contributed by atoms with Crippen molar-refractivity contribution >= 4 is 29.3 Å². The number of methoxy groups -OCH3 is 1. The van der Waals surface area contributed by atoms with Crippen molar-refractivity contribution in [1.29, 1.82) is 0 Å². The second-order valence-electron chi connectivity index (χ2n) is 3.97. The van der Waals surface area contributed by atoms with E-state index in [1.807, 2.05) is 24.3 Å². The van der Waals surface area contributed by atoms with Crippen LogP contribution in [0.3, 0.4) is 0 Å². The topological polar surface area (TPSA) is 41.6 Å². The molecule has 0 saturated carbocycles. The fourth-order valence-corrected chi connectivity index (χ4v) is 2.03. The maximum atomic E-state index is 12.1. The van der Waals surface area contributed by atoms with Crippen LogP contribution in [0.5, 0.6) is 5.75 Å². The molecule has 0 spiro atoms. The maximum absolute atomic E-state index is 12.1. The predicted octanol–water partition coefficient (Wildman–Crippen LogP) is 1.94. The van der Waals surface area contributed by atoms with E-state index in [2.05, 4.69) is 11.9 Å². The van der Waals surface area contributed by atoms with Crippen LogP contribution in [0.1, 0.15) is 5.56 Å². The van der Waals surface area contributed by atoms with E-state index in [0.717, 1.165) is 11.3 Å². The average Bonchev–Trinajstić information content (AvgIpc) is 2.67. The van der Waals surface area contributed by atoms with E-state index >= 15 is 0 Å². The molecule has 2 rings (SSSR count). The summed E-state index contributed by atoms with van der Waals surface area (Å²) in [5.41, 5.74) is 1.33. The van der Waals surface area contributed by atoms with E-state index in [1.54, 1.807) is 19.3 Å². The van der Waals surface area contributed by atoms with E-state index in [0.29, 0.717) is 17.4 Å². The summed E-state index contributed by atoms with van der Waals surface area (Å²) >= 11 is 5.11. The second-order valence-corrected chi connectivity index (χ2v) is 4.36. The number of amides is 1. The molecule has 98 valence electrons. The quantitative estimate of drug-likeness (QED) is 0.517. The Kier molecular flexibility index (Phi) is 3.97. The SMILES string of the molecule is C=CCN1C(=O)/C(=C\c2cccc(OC)c2)NC1=S. The van der Waals surface area contributed by atoms with Gasteiger partial charge in [0.05, 0.1) is 7.11 Å². The first-order valence-electron chi connectivity index (χ1n) is 5.75. The maximum Gasteiger partial charge on any atom is 0.276 e. The summed E-state index contributed by atoms with van der Waals surface area (Å²) in [4.78, 5) is 13.6. The zero-order valence-electron chi connectivity index (χ0n) is 10.6. The normalized spacial score (nSPS) is 16.7. The van der Waals surface area contributed by atoms with Crippen molar-refractivity contribution in [2.75, 3.05) is 13.7 Å². The first-order valence-corrected chi connectivity index (χ1v) is 6.16. The zero-order valence-corrected chi connectivity index (χ0v) is 11.4. The summed E-state index contributed by atoms with van der Waals surface area (Å²) in [5.74, 6) is 0.595. The van der Waals surface area contributed by atoms with Gasteiger partial charge in [-0.1, -0.05) is 18.2 Å². The van der Waals surface area contributed by atoms with Gasteiger partial charge in [-0.15, -0.1) is 6.58 Å². The lowest BCUT2D eigenvalue weighted by Gasteiger charge is -2.09. The van der Waals surface area contributed by atoms with Crippen molar-refractivity contribution < 1.29 is 9.53 Å². The standard InChI is InChI=1S/C14H14N2O2S/c1-3-7-16-13(17)12(15-14(16)19)9-10-5-4-6-11(8-10)18-2/h3-6,8-9H,1,7H2,2H3,(H,15,19)/b12-9+. The largest absolute Gasteiger partial charge is 0.497 e. The van der Waals surface area contributed by atoms with Gasteiger partial charge in [0.25, 0.3) is 5.91 Å². The molecule has 0 bridgehead atoms. The van der Waals surface area contributed by atoms with Crippen molar-refractivity contribution in [3.05, 3.63) is 48.2 Å². The molecule has 1 aliphatic rings. The lowest BCUT2D eigenvalue weighted by atomic mass is 10.2. The van der Waals surface area contributed by atoms with Gasteiger partial charge < -0.3 is 10.1 Å². The van der Waals surface area contributed by atoms with Gasteiger partial charge in [-0.3, -0.25) is 9.69 Å². The molecule has 19 heavy (non-hydrogen) atoms. The van der Waals surface area contributed by atoms with Gasteiger partial charge in [-0.05, 0) is 36.0 Å². The molecule has 1 aliphatic heterocycles. The molecule has 1 saturated heterocycles. The molecular formula is C14H14N2O2S. The van der Waals surface area contributed by atoms with E-state index in [1.165, 1.54) is 4.90 Å². The van der Waals surface area contributed by atoms with E-state index in [4.69, 9.17) is 17.0 Å². The Hall–Kier alpha value is -2.14. The van der Waals surface area contributed by atoms with Crippen molar-refractivity contribution in [3.8, 4) is 5.75 Å². The number of nitrogens with one attached hydrogen (secondary N) is 1. The number of hydrogen-bond donors (Lipinski definition) is 1. The Morgan fingerprint density at radius 2 is 2.32 bits per heavy atom. The number of nitrogens with zero attached hydrogens (tertiary/aromatic N) is 1. The molecule has 1 N–H and O–H groups in total. The van der Waals surface area contributed by atoms with E-state index < -0.39 is 0 Å². The monoisotopic (exact) mass is 274 g/mol. The third kappa shape index (κ3) is 2.82. The predicted molar refractivity (Wildman–Crippen MR) is 78.6 cm³/mol. The van der Waals surface area contributed by atoms with Gasteiger partial charge in [0, 0.05) is 6.54 Å². The Morgan fingerprint density at radius 1 is 1.53 bits per heavy atom. The van der Waals surface area contributed by atoms with E-state index in [-0.39, 0.29) is 5.91 Å². The highest BCUT2D eigenvalue weighted by atomic mass is 32.1. The Bertz CT molecular complexity index is 566. The van der Waals surface area contributed by atoms with Crippen LogP contribution >= 0.6 is 12.2 Å². The molecule has 1 aromatic rings. The van der Waals surface area contributed by atoms with Crippen LogP contribution in [-0.2, 0) is 4.79 Å². The molecule has 0 aliphatic carbocycles. The van der Waals surface area contributed by atoms with Crippen molar-refractivity contribution in [2.45, 2.75) is 0 Å². The first-order chi connectivity index (χ1) is 9.15. The summed E-state index contributed by atoms with van der Waals surface area (Å²) in [5, 5.41) is 3.31. The Morgan fingerprint density at radius 3 is 3.00 bits per heavy atom. The fraction of sp³-hybridized carbons (Fsp3) is 0.143. The van der Waals surface area contributed by atoms with Gasteiger partial charge in [-0.25, -0.2) is 0 Å². The van der Waals surface area contributed by atoms with E-state index in [9.17, 15) is 4.79 Å². The Balaban J connectivity index is 2.26. The number of ether oxygens (including phenoxy) is 1. The molecule has 4 nitrogen and oxygen atoms in total. The Labute approximate surface area is 117 Å². The third-order valence-electron chi connectivity index (χ3n) is 2.68. The van der Waals surface area contributed by atoms with Gasteiger partial charge in [0.2, 0.25) is 0 Å². The second kappa shape index (κ2) is 5.67. The molecule has 0 unspecified atom stereocenters. The average molecular weight is 274 g/mol. The van der Waals surface area contributed by atoms with Crippen LogP contribution in [-0.4, -0.2) is 29.6 Å². The highest BCUT2D eigenvalue weighted by Gasteiger charge is 2.29. The molecule has 1 aromatic carbocycles.